The Hall–Kier alpha value is -2.49. The smallest absolute Gasteiger partial charge is 0.266 e. The number of aryl methyl sites for hydroxylation is 1. The van der Waals surface area contributed by atoms with Crippen LogP contribution in [0, 0.1) is 18.3 Å². The minimum absolute atomic E-state index is 0.0592. The van der Waals surface area contributed by atoms with E-state index in [4.69, 9.17) is 39.5 Å². The summed E-state index contributed by atoms with van der Waals surface area (Å²) >= 11 is 21.9. The topological polar surface area (TPSA) is 62.1 Å². The number of amides is 1. The summed E-state index contributed by atoms with van der Waals surface area (Å²) in [6, 6.07) is 17.7. The van der Waals surface area contributed by atoms with E-state index >= 15 is 0 Å². The van der Waals surface area contributed by atoms with Gasteiger partial charge in [0.05, 0.1) is 9.50 Å². The van der Waals surface area contributed by atoms with E-state index in [0.717, 1.165) is 11.1 Å². The standard InChI is InChI=1S/C24H16BrCl3N2O2/c1-14-3-2-4-19(7-14)30-24(31)17(12-29)8-15-9-20(25)23(22(28)10-15)32-13-16-5-6-18(26)11-21(16)27/h2-11H,13H2,1H3,(H,30,31)/b17-8-. The maximum atomic E-state index is 12.5. The summed E-state index contributed by atoms with van der Waals surface area (Å²) in [5, 5.41) is 13.5. The van der Waals surface area contributed by atoms with Crippen LogP contribution in [0.15, 0.2) is 64.6 Å². The first-order chi connectivity index (χ1) is 15.3. The molecular formula is C24H16BrCl3N2O2. The molecule has 0 aliphatic heterocycles. The van der Waals surface area contributed by atoms with Crippen molar-refractivity contribution in [1.29, 1.82) is 5.26 Å². The summed E-state index contributed by atoms with van der Waals surface area (Å²) < 4.78 is 6.39. The van der Waals surface area contributed by atoms with Crippen LogP contribution in [-0.4, -0.2) is 5.91 Å². The lowest BCUT2D eigenvalue weighted by Gasteiger charge is -2.12. The second kappa shape index (κ2) is 10.9. The molecule has 0 saturated carbocycles. The minimum atomic E-state index is -0.511. The molecule has 0 aromatic heterocycles. The van der Waals surface area contributed by atoms with Gasteiger partial charge in [-0.15, -0.1) is 0 Å². The van der Waals surface area contributed by atoms with Gasteiger partial charge in [0.2, 0.25) is 0 Å². The number of carbonyl (C=O) groups is 1. The summed E-state index contributed by atoms with van der Waals surface area (Å²) in [5.41, 5.74) is 2.87. The van der Waals surface area contributed by atoms with Gasteiger partial charge in [-0.05, 0) is 76.5 Å². The molecule has 4 nitrogen and oxygen atoms in total. The van der Waals surface area contributed by atoms with E-state index in [-0.39, 0.29) is 12.2 Å². The minimum Gasteiger partial charge on any atom is -0.486 e. The third-order valence-electron chi connectivity index (χ3n) is 4.36. The third-order valence-corrected chi connectivity index (χ3v) is 5.82. The second-order valence-electron chi connectivity index (χ2n) is 6.83. The molecule has 8 heteroatoms. The van der Waals surface area contributed by atoms with Gasteiger partial charge in [-0.2, -0.15) is 5.26 Å². The summed E-state index contributed by atoms with van der Waals surface area (Å²) in [6.07, 6.45) is 1.46. The maximum absolute atomic E-state index is 12.5. The molecule has 0 radical (unpaired) electrons. The van der Waals surface area contributed by atoms with Gasteiger partial charge < -0.3 is 10.1 Å². The third kappa shape index (κ3) is 6.27. The Labute approximate surface area is 209 Å². The number of hydrogen-bond donors (Lipinski definition) is 1. The van der Waals surface area contributed by atoms with Gasteiger partial charge in [-0.3, -0.25) is 4.79 Å². The van der Waals surface area contributed by atoms with Gasteiger partial charge >= 0.3 is 0 Å². The van der Waals surface area contributed by atoms with E-state index in [0.29, 0.717) is 36.5 Å². The number of nitriles is 1. The number of ether oxygens (including phenoxy) is 1. The Balaban J connectivity index is 1.78. The molecular weight excluding hydrogens is 535 g/mol. The molecule has 0 fully saturated rings. The number of nitrogens with one attached hydrogen (secondary N) is 1. The fourth-order valence-corrected chi connectivity index (χ4v) is 4.28. The number of nitrogens with zero attached hydrogens (tertiary/aromatic N) is 1. The maximum Gasteiger partial charge on any atom is 0.266 e. The zero-order chi connectivity index (χ0) is 23.3. The molecule has 0 saturated heterocycles. The van der Waals surface area contributed by atoms with Gasteiger partial charge in [-0.25, -0.2) is 0 Å². The highest BCUT2D eigenvalue weighted by atomic mass is 79.9. The van der Waals surface area contributed by atoms with E-state index in [1.807, 2.05) is 31.2 Å². The molecule has 32 heavy (non-hydrogen) atoms. The van der Waals surface area contributed by atoms with Crippen molar-refractivity contribution in [3.05, 3.63) is 96.4 Å². The van der Waals surface area contributed by atoms with Crippen LogP contribution in [0.4, 0.5) is 5.69 Å². The van der Waals surface area contributed by atoms with Crippen LogP contribution in [0.1, 0.15) is 16.7 Å². The number of anilines is 1. The largest absolute Gasteiger partial charge is 0.486 e. The first kappa shape index (κ1) is 24.2. The first-order valence-corrected chi connectivity index (χ1v) is 11.2. The molecule has 0 spiro atoms. The lowest BCUT2D eigenvalue weighted by Crippen LogP contribution is -2.13. The van der Waals surface area contributed by atoms with Gasteiger partial charge in [0.15, 0.2) is 5.75 Å². The zero-order valence-corrected chi connectivity index (χ0v) is 20.6. The lowest BCUT2D eigenvalue weighted by atomic mass is 10.1. The van der Waals surface area contributed by atoms with Crippen molar-refractivity contribution < 1.29 is 9.53 Å². The Bertz CT molecular complexity index is 1230. The molecule has 0 bridgehead atoms. The number of rotatable bonds is 6. The fraction of sp³-hybridized carbons (Fsp3) is 0.0833. The molecule has 0 heterocycles. The Morgan fingerprint density at radius 2 is 1.91 bits per heavy atom. The van der Waals surface area contributed by atoms with E-state index in [1.54, 1.807) is 36.4 Å². The van der Waals surface area contributed by atoms with Crippen molar-refractivity contribution in [2.75, 3.05) is 5.32 Å². The van der Waals surface area contributed by atoms with Crippen molar-refractivity contribution in [1.82, 2.24) is 0 Å². The van der Waals surface area contributed by atoms with Crippen molar-refractivity contribution in [2.45, 2.75) is 13.5 Å². The Morgan fingerprint density at radius 3 is 2.56 bits per heavy atom. The monoisotopic (exact) mass is 548 g/mol. The van der Waals surface area contributed by atoms with Crippen LogP contribution >= 0.6 is 50.7 Å². The number of hydrogen-bond acceptors (Lipinski definition) is 3. The van der Waals surface area contributed by atoms with E-state index in [1.165, 1.54) is 6.08 Å². The van der Waals surface area contributed by atoms with Crippen LogP contribution in [0.3, 0.4) is 0 Å². The molecule has 3 rings (SSSR count). The van der Waals surface area contributed by atoms with Crippen molar-refractivity contribution >= 4 is 68.4 Å². The summed E-state index contributed by atoms with van der Waals surface area (Å²) in [5.74, 6) is -0.0967. The zero-order valence-electron chi connectivity index (χ0n) is 16.8. The van der Waals surface area contributed by atoms with Crippen LogP contribution in [0.5, 0.6) is 5.75 Å². The summed E-state index contributed by atoms with van der Waals surface area (Å²) in [7, 11) is 0. The van der Waals surface area contributed by atoms with Crippen molar-refractivity contribution in [2.24, 2.45) is 0 Å². The van der Waals surface area contributed by atoms with Crippen LogP contribution < -0.4 is 10.1 Å². The van der Waals surface area contributed by atoms with Gasteiger partial charge in [-0.1, -0.05) is 53.0 Å². The summed E-state index contributed by atoms with van der Waals surface area (Å²) in [4.78, 5) is 12.5. The predicted molar refractivity (Wildman–Crippen MR) is 133 cm³/mol. The molecule has 162 valence electrons. The molecule has 0 atom stereocenters. The number of carbonyl (C=O) groups excluding carboxylic acids is 1. The highest BCUT2D eigenvalue weighted by Crippen LogP contribution is 2.36. The van der Waals surface area contributed by atoms with Crippen LogP contribution in [0.25, 0.3) is 6.08 Å². The van der Waals surface area contributed by atoms with E-state index in [2.05, 4.69) is 21.2 Å². The lowest BCUT2D eigenvalue weighted by molar-refractivity contribution is -0.112. The van der Waals surface area contributed by atoms with Crippen molar-refractivity contribution in [3.63, 3.8) is 0 Å². The highest BCUT2D eigenvalue weighted by Gasteiger charge is 2.14. The SMILES string of the molecule is Cc1cccc(NC(=O)/C(C#N)=C\c2cc(Cl)c(OCc3ccc(Cl)cc3Cl)c(Br)c2)c1. The molecule has 3 aromatic rings. The molecule has 1 N–H and O–H groups in total. The Kier molecular flexibility index (Phi) is 8.22. The number of benzene rings is 3. The molecule has 0 unspecified atom stereocenters. The average molecular weight is 551 g/mol. The van der Waals surface area contributed by atoms with Crippen molar-refractivity contribution in [3.8, 4) is 11.8 Å². The quantitative estimate of drug-likeness (QED) is 0.251. The van der Waals surface area contributed by atoms with Gasteiger partial charge in [0, 0.05) is 21.3 Å². The van der Waals surface area contributed by atoms with E-state index < -0.39 is 5.91 Å². The average Bonchev–Trinajstić information content (AvgIpc) is 2.72. The summed E-state index contributed by atoms with van der Waals surface area (Å²) in [6.45, 7) is 2.10. The fourth-order valence-electron chi connectivity index (χ4n) is 2.83. The molecule has 0 aliphatic carbocycles. The van der Waals surface area contributed by atoms with Crippen LogP contribution in [0.2, 0.25) is 15.1 Å². The predicted octanol–water partition coefficient (Wildman–Crippen LogP) is 7.84. The Morgan fingerprint density at radius 1 is 1.12 bits per heavy atom. The van der Waals surface area contributed by atoms with Gasteiger partial charge in [0.25, 0.3) is 5.91 Å². The van der Waals surface area contributed by atoms with Crippen LogP contribution in [-0.2, 0) is 11.4 Å². The van der Waals surface area contributed by atoms with E-state index in [9.17, 15) is 10.1 Å². The highest BCUT2D eigenvalue weighted by molar-refractivity contribution is 9.10. The van der Waals surface area contributed by atoms with Gasteiger partial charge in [0.1, 0.15) is 18.2 Å². The molecule has 1 amide bonds. The normalized spacial score (nSPS) is 11.1. The first-order valence-electron chi connectivity index (χ1n) is 9.32. The molecule has 0 aliphatic rings. The second-order valence-corrected chi connectivity index (χ2v) is 8.94. The molecule has 3 aromatic carbocycles. The number of halogens is 4.